The average Bonchev–Trinajstić information content (AvgIpc) is 2.04. The third-order valence-electron chi connectivity index (χ3n) is 1.81. The summed E-state index contributed by atoms with van der Waals surface area (Å²) in [6.07, 6.45) is 0. The Balaban J connectivity index is 3.24. The molecule has 0 aliphatic heterocycles. The van der Waals surface area contributed by atoms with Crippen LogP contribution in [0.2, 0.25) is 0 Å². The minimum Gasteiger partial charge on any atom is -0.315 e. The van der Waals surface area contributed by atoms with Crippen molar-refractivity contribution in [2.75, 3.05) is 0 Å². The lowest BCUT2D eigenvalue weighted by Crippen LogP contribution is -2.26. The highest BCUT2D eigenvalue weighted by atomic mass is 32.2. The first-order valence-electron chi connectivity index (χ1n) is 4.01. The summed E-state index contributed by atoms with van der Waals surface area (Å²) in [5.41, 5.74) is 6.28. The van der Waals surface area contributed by atoms with Gasteiger partial charge in [0.25, 0.3) is 0 Å². The molecular weight excluding hydrogens is 186 g/mol. The summed E-state index contributed by atoms with van der Waals surface area (Å²) in [7, 11) is -3.32. The zero-order valence-electron chi connectivity index (χ0n) is 7.69. The second kappa shape index (κ2) is 3.47. The predicted molar refractivity (Wildman–Crippen MR) is 52.0 cm³/mol. The van der Waals surface area contributed by atoms with Crippen molar-refractivity contribution in [1.82, 2.24) is 0 Å². The summed E-state index contributed by atoms with van der Waals surface area (Å²) in [6.45, 7) is 3.32. The Morgan fingerprint density at radius 3 is 2.46 bits per heavy atom. The van der Waals surface area contributed by atoms with Crippen molar-refractivity contribution >= 4 is 9.84 Å². The minimum atomic E-state index is -3.32. The van der Waals surface area contributed by atoms with Gasteiger partial charge in [0.2, 0.25) is 0 Å². The van der Waals surface area contributed by atoms with Gasteiger partial charge < -0.3 is 5.73 Å². The number of aryl methyl sites for hydroxylation is 1. The third kappa shape index (κ3) is 2.08. The molecule has 1 atom stereocenters. The second-order valence-electron chi connectivity index (χ2n) is 3.07. The Morgan fingerprint density at radius 1 is 1.38 bits per heavy atom. The molecule has 0 radical (unpaired) electrons. The summed E-state index contributed by atoms with van der Waals surface area (Å²) >= 11 is 0. The van der Waals surface area contributed by atoms with E-state index in [0.717, 1.165) is 5.56 Å². The number of hydrogen-bond acceptors (Lipinski definition) is 3. The third-order valence-corrected chi connectivity index (χ3v) is 3.70. The summed E-state index contributed by atoms with van der Waals surface area (Å²) in [4.78, 5) is 0.294. The Kier molecular flexibility index (Phi) is 2.73. The number of nitrogens with two attached hydrogens (primary N) is 1. The topological polar surface area (TPSA) is 60.2 Å². The molecule has 1 aromatic rings. The van der Waals surface area contributed by atoms with Gasteiger partial charge in [-0.3, -0.25) is 0 Å². The van der Waals surface area contributed by atoms with Gasteiger partial charge >= 0.3 is 0 Å². The highest BCUT2D eigenvalue weighted by Gasteiger charge is 2.18. The molecule has 0 aliphatic rings. The Hall–Kier alpha value is -0.870. The molecule has 1 rings (SSSR count). The SMILES string of the molecule is Cc1cccc(S(=O)(=O)C(C)N)c1. The normalized spacial score (nSPS) is 14.1. The smallest absolute Gasteiger partial charge is 0.193 e. The zero-order chi connectivity index (χ0) is 10.1. The summed E-state index contributed by atoms with van der Waals surface area (Å²) < 4.78 is 23.1. The molecular formula is C9H13NO2S. The van der Waals surface area contributed by atoms with Crippen molar-refractivity contribution in [3.63, 3.8) is 0 Å². The molecule has 2 N–H and O–H groups in total. The van der Waals surface area contributed by atoms with Crippen LogP contribution in [0.15, 0.2) is 29.2 Å². The first-order valence-corrected chi connectivity index (χ1v) is 5.55. The number of sulfone groups is 1. The lowest BCUT2D eigenvalue weighted by molar-refractivity contribution is 0.585. The largest absolute Gasteiger partial charge is 0.315 e. The van der Waals surface area contributed by atoms with Crippen LogP contribution in [0.5, 0.6) is 0 Å². The molecule has 0 aliphatic carbocycles. The van der Waals surface area contributed by atoms with E-state index < -0.39 is 15.2 Å². The van der Waals surface area contributed by atoms with Crippen LogP contribution >= 0.6 is 0 Å². The highest BCUT2D eigenvalue weighted by molar-refractivity contribution is 7.92. The van der Waals surface area contributed by atoms with Crippen LogP contribution in [-0.4, -0.2) is 13.8 Å². The summed E-state index contributed by atoms with van der Waals surface area (Å²) in [5, 5.41) is -0.853. The van der Waals surface area contributed by atoms with Gasteiger partial charge in [-0.1, -0.05) is 12.1 Å². The van der Waals surface area contributed by atoms with Gasteiger partial charge in [-0.2, -0.15) is 0 Å². The number of rotatable bonds is 2. The molecule has 13 heavy (non-hydrogen) atoms. The minimum absolute atomic E-state index is 0.294. The highest BCUT2D eigenvalue weighted by Crippen LogP contribution is 2.14. The van der Waals surface area contributed by atoms with E-state index >= 15 is 0 Å². The number of hydrogen-bond donors (Lipinski definition) is 1. The molecule has 1 unspecified atom stereocenters. The summed E-state index contributed by atoms with van der Waals surface area (Å²) in [6, 6.07) is 6.75. The quantitative estimate of drug-likeness (QED) is 0.775. The Labute approximate surface area is 78.5 Å². The van der Waals surface area contributed by atoms with Crippen LogP contribution in [0.25, 0.3) is 0 Å². The predicted octanol–water partition coefficient (Wildman–Crippen LogP) is 1.07. The fraction of sp³-hybridized carbons (Fsp3) is 0.333. The van der Waals surface area contributed by atoms with Crippen LogP contribution in [0.4, 0.5) is 0 Å². The fourth-order valence-electron chi connectivity index (χ4n) is 1.01. The van der Waals surface area contributed by atoms with Crippen LogP contribution in [0.1, 0.15) is 12.5 Å². The molecule has 72 valence electrons. The van der Waals surface area contributed by atoms with Crippen molar-refractivity contribution in [2.45, 2.75) is 24.1 Å². The van der Waals surface area contributed by atoms with Crippen molar-refractivity contribution in [3.8, 4) is 0 Å². The maximum Gasteiger partial charge on any atom is 0.193 e. The van der Waals surface area contributed by atoms with Gasteiger partial charge in [-0.25, -0.2) is 8.42 Å². The molecule has 3 nitrogen and oxygen atoms in total. The molecule has 0 heterocycles. The lowest BCUT2D eigenvalue weighted by atomic mass is 10.2. The van der Waals surface area contributed by atoms with Gasteiger partial charge in [-0.15, -0.1) is 0 Å². The van der Waals surface area contributed by atoms with Crippen LogP contribution in [-0.2, 0) is 9.84 Å². The van der Waals surface area contributed by atoms with E-state index in [2.05, 4.69) is 0 Å². The van der Waals surface area contributed by atoms with Crippen molar-refractivity contribution < 1.29 is 8.42 Å². The molecule has 0 amide bonds. The van der Waals surface area contributed by atoms with Gasteiger partial charge in [0.1, 0.15) is 5.37 Å². The molecule has 0 spiro atoms. The second-order valence-corrected chi connectivity index (χ2v) is 5.37. The molecule has 0 bridgehead atoms. The molecule has 0 saturated carbocycles. The Morgan fingerprint density at radius 2 is 2.00 bits per heavy atom. The van der Waals surface area contributed by atoms with Gasteiger partial charge in [0.05, 0.1) is 4.90 Å². The number of benzene rings is 1. The first kappa shape index (κ1) is 10.2. The van der Waals surface area contributed by atoms with Crippen molar-refractivity contribution in [3.05, 3.63) is 29.8 Å². The van der Waals surface area contributed by atoms with Gasteiger partial charge in [0.15, 0.2) is 9.84 Å². The first-order chi connectivity index (χ1) is 5.94. The van der Waals surface area contributed by atoms with E-state index in [-0.39, 0.29) is 0 Å². The molecule has 0 fully saturated rings. The van der Waals surface area contributed by atoms with Gasteiger partial charge in [-0.05, 0) is 31.5 Å². The van der Waals surface area contributed by atoms with E-state index in [9.17, 15) is 8.42 Å². The van der Waals surface area contributed by atoms with E-state index in [1.807, 2.05) is 13.0 Å². The summed E-state index contributed by atoms with van der Waals surface area (Å²) in [5.74, 6) is 0. The van der Waals surface area contributed by atoms with Crippen LogP contribution < -0.4 is 5.73 Å². The standard InChI is InChI=1S/C9H13NO2S/c1-7-4-3-5-9(6-7)13(11,12)8(2)10/h3-6,8H,10H2,1-2H3. The monoisotopic (exact) mass is 199 g/mol. The Bertz CT molecular complexity index is 396. The van der Waals surface area contributed by atoms with E-state index in [1.165, 1.54) is 6.92 Å². The van der Waals surface area contributed by atoms with Crippen molar-refractivity contribution in [1.29, 1.82) is 0 Å². The zero-order valence-corrected chi connectivity index (χ0v) is 8.51. The van der Waals surface area contributed by atoms with Crippen LogP contribution in [0, 0.1) is 6.92 Å². The van der Waals surface area contributed by atoms with Crippen LogP contribution in [0.3, 0.4) is 0 Å². The average molecular weight is 199 g/mol. The maximum absolute atomic E-state index is 11.6. The van der Waals surface area contributed by atoms with E-state index in [1.54, 1.807) is 18.2 Å². The van der Waals surface area contributed by atoms with E-state index in [4.69, 9.17) is 5.73 Å². The van der Waals surface area contributed by atoms with Crippen molar-refractivity contribution in [2.24, 2.45) is 5.73 Å². The molecule has 0 aromatic heterocycles. The fourth-order valence-corrected chi connectivity index (χ4v) is 2.05. The lowest BCUT2D eigenvalue weighted by Gasteiger charge is -2.07. The van der Waals surface area contributed by atoms with E-state index in [0.29, 0.717) is 4.90 Å². The van der Waals surface area contributed by atoms with Gasteiger partial charge in [0, 0.05) is 0 Å². The molecule has 1 aromatic carbocycles. The maximum atomic E-state index is 11.6. The molecule has 0 saturated heterocycles. The molecule has 4 heteroatoms.